The summed E-state index contributed by atoms with van der Waals surface area (Å²) in [5.41, 5.74) is 2.68. The normalized spacial score (nSPS) is 21.2. The van der Waals surface area contributed by atoms with Crippen LogP contribution in [0.2, 0.25) is 0 Å². The van der Waals surface area contributed by atoms with Gasteiger partial charge in [-0.05, 0) is 42.0 Å². The number of ether oxygens (including phenoxy) is 2. The highest BCUT2D eigenvalue weighted by Gasteiger charge is 2.29. The van der Waals surface area contributed by atoms with E-state index in [1.165, 1.54) is 11.1 Å². The number of nitrogens with zero attached hydrogens (tertiary/aromatic N) is 5. The summed E-state index contributed by atoms with van der Waals surface area (Å²) >= 11 is 0. The lowest BCUT2D eigenvalue weighted by Gasteiger charge is -2.39. The molecule has 0 radical (unpaired) electrons. The molecule has 182 valence electrons. The fourth-order valence-electron chi connectivity index (χ4n) is 4.89. The highest BCUT2D eigenvalue weighted by atomic mass is 127. The number of hydrogen-bond acceptors (Lipinski definition) is 5. The molecule has 4 rings (SSSR count). The van der Waals surface area contributed by atoms with Gasteiger partial charge in [-0.1, -0.05) is 6.92 Å². The number of piperidine rings is 1. The second kappa shape index (κ2) is 11.9. The number of aromatic nitrogens is 2. The molecule has 9 heteroatoms. The second-order valence-electron chi connectivity index (χ2n) is 8.77. The first-order valence-electron chi connectivity index (χ1n) is 11.5. The Bertz CT molecular complexity index is 920. The van der Waals surface area contributed by atoms with Gasteiger partial charge < -0.3 is 24.3 Å². The van der Waals surface area contributed by atoms with Gasteiger partial charge >= 0.3 is 0 Å². The third-order valence-corrected chi connectivity index (χ3v) is 6.85. The summed E-state index contributed by atoms with van der Waals surface area (Å²) in [6.07, 6.45) is 8.04. The molecule has 1 saturated heterocycles. The number of nitrogens with one attached hydrogen (secondary N) is 1. The van der Waals surface area contributed by atoms with Crippen LogP contribution in [0.3, 0.4) is 0 Å². The van der Waals surface area contributed by atoms with Crippen molar-refractivity contribution < 1.29 is 9.47 Å². The Morgan fingerprint density at radius 3 is 2.61 bits per heavy atom. The molecule has 0 spiro atoms. The van der Waals surface area contributed by atoms with Crippen LogP contribution < -0.4 is 14.8 Å². The number of aliphatic imine (C=N–C) groups is 1. The van der Waals surface area contributed by atoms with Crippen LogP contribution in [0.4, 0.5) is 0 Å². The third kappa shape index (κ3) is 5.92. The van der Waals surface area contributed by atoms with Gasteiger partial charge in [-0.25, -0.2) is 4.98 Å². The topological polar surface area (TPSA) is 67.2 Å². The molecule has 0 aliphatic carbocycles. The van der Waals surface area contributed by atoms with E-state index in [0.29, 0.717) is 12.0 Å². The summed E-state index contributed by atoms with van der Waals surface area (Å²) < 4.78 is 13.2. The van der Waals surface area contributed by atoms with E-state index < -0.39 is 0 Å². The van der Waals surface area contributed by atoms with Crippen molar-refractivity contribution in [3.8, 4) is 11.5 Å². The summed E-state index contributed by atoms with van der Waals surface area (Å²) in [5, 5.41) is 3.60. The lowest BCUT2D eigenvalue weighted by molar-refractivity contribution is 0.188. The van der Waals surface area contributed by atoms with Gasteiger partial charge in [-0.3, -0.25) is 9.89 Å². The number of hydrogen-bond donors (Lipinski definition) is 1. The van der Waals surface area contributed by atoms with Crippen molar-refractivity contribution in [2.75, 3.05) is 54.0 Å². The van der Waals surface area contributed by atoms with E-state index in [2.05, 4.69) is 54.9 Å². The van der Waals surface area contributed by atoms with E-state index >= 15 is 0 Å². The monoisotopic (exact) mass is 568 g/mol. The van der Waals surface area contributed by atoms with Crippen molar-refractivity contribution in [3.05, 3.63) is 42.0 Å². The Morgan fingerprint density at radius 1 is 1.18 bits per heavy atom. The average Bonchev–Trinajstić information content (AvgIpc) is 3.36. The number of benzene rings is 1. The minimum Gasteiger partial charge on any atom is -0.493 e. The summed E-state index contributed by atoms with van der Waals surface area (Å²) in [4.78, 5) is 13.7. The highest BCUT2D eigenvalue weighted by Crippen LogP contribution is 2.33. The Balaban J connectivity index is 0.00000306. The molecular formula is C24H37IN6O2. The number of imidazole rings is 1. The summed E-state index contributed by atoms with van der Waals surface area (Å²) in [5.74, 6) is 3.24. The van der Waals surface area contributed by atoms with Crippen molar-refractivity contribution in [2.24, 2.45) is 10.9 Å². The van der Waals surface area contributed by atoms with Crippen molar-refractivity contribution in [3.63, 3.8) is 0 Å². The molecule has 1 aromatic heterocycles. The first kappa shape index (κ1) is 25.6. The molecule has 2 atom stereocenters. The van der Waals surface area contributed by atoms with E-state index in [0.717, 1.165) is 69.6 Å². The van der Waals surface area contributed by atoms with Gasteiger partial charge in [-0.2, -0.15) is 0 Å². The largest absolute Gasteiger partial charge is 0.493 e. The quantitative estimate of drug-likeness (QED) is 0.329. The molecule has 2 aliphatic heterocycles. The highest BCUT2D eigenvalue weighted by molar-refractivity contribution is 14.0. The number of guanidine groups is 1. The van der Waals surface area contributed by atoms with Gasteiger partial charge in [0.25, 0.3) is 0 Å². The maximum atomic E-state index is 5.49. The third-order valence-electron chi connectivity index (χ3n) is 6.85. The maximum Gasteiger partial charge on any atom is 0.193 e. The lowest BCUT2D eigenvalue weighted by atomic mass is 9.93. The predicted molar refractivity (Wildman–Crippen MR) is 142 cm³/mol. The van der Waals surface area contributed by atoms with Crippen LogP contribution in [0.1, 0.15) is 30.5 Å². The predicted octanol–water partition coefficient (Wildman–Crippen LogP) is 3.03. The number of rotatable bonds is 6. The maximum absolute atomic E-state index is 5.49. The fraction of sp³-hybridized carbons (Fsp3) is 0.583. The molecule has 1 aromatic carbocycles. The zero-order valence-electron chi connectivity index (χ0n) is 20.2. The molecule has 1 N–H and O–H groups in total. The number of methoxy groups -OCH3 is 2. The van der Waals surface area contributed by atoms with E-state index in [4.69, 9.17) is 9.47 Å². The van der Waals surface area contributed by atoms with Gasteiger partial charge in [0.2, 0.25) is 0 Å². The smallest absolute Gasteiger partial charge is 0.193 e. The Labute approximate surface area is 214 Å². The first-order valence-corrected chi connectivity index (χ1v) is 11.5. The van der Waals surface area contributed by atoms with Crippen LogP contribution in [0.15, 0.2) is 35.8 Å². The Hall–Kier alpha value is -2.01. The summed E-state index contributed by atoms with van der Waals surface area (Å²) in [6, 6.07) is 4.67. The molecule has 2 unspecified atom stereocenters. The minimum atomic E-state index is 0. The summed E-state index contributed by atoms with van der Waals surface area (Å²) in [7, 11) is 5.26. The molecule has 8 nitrogen and oxygen atoms in total. The minimum absolute atomic E-state index is 0. The SMILES string of the molecule is CN=C(NCCN1CCc2cc(OC)c(OC)cc2C1)N1CCC(C)C(n2ccnc2)C1.I. The number of likely N-dealkylation sites (tertiary alicyclic amines) is 1. The average molecular weight is 569 g/mol. The number of fused-ring (bicyclic) bond motifs is 1. The molecule has 0 amide bonds. The van der Waals surface area contributed by atoms with E-state index in [-0.39, 0.29) is 24.0 Å². The van der Waals surface area contributed by atoms with Crippen molar-refractivity contribution in [2.45, 2.75) is 32.4 Å². The van der Waals surface area contributed by atoms with E-state index in [1.807, 2.05) is 19.6 Å². The van der Waals surface area contributed by atoms with Gasteiger partial charge in [0.1, 0.15) is 0 Å². The lowest BCUT2D eigenvalue weighted by Crippen LogP contribution is -2.50. The van der Waals surface area contributed by atoms with Crippen LogP contribution in [-0.2, 0) is 13.0 Å². The molecule has 33 heavy (non-hydrogen) atoms. The molecule has 2 aliphatic rings. The standard InChI is InChI=1S/C24H36N6O2.HI/c1-18-5-10-29(16-21(18)30-12-7-26-17-30)24(25-2)27-8-11-28-9-6-19-13-22(31-3)23(32-4)14-20(19)15-28;/h7,12-14,17-18,21H,5-6,8-11,15-16H2,1-4H3,(H,25,27);1H. The molecule has 1 fully saturated rings. The van der Waals surface area contributed by atoms with E-state index in [1.54, 1.807) is 14.2 Å². The van der Waals surface area contributed by atoms with Crippen LogP contribution in [0, 0.1) is 5.92 Å². The fourth-order valence-corrected chi connectivity index (χ4v) is 4.89. The molecule has 0 bridgehead atoms. The second-order valence-corrected chi connectivity index (χ2v) is 8.77. The Morgan fingerprint density at radius 2 is 1.94 bits per heavy atom. The van der Waals surface area contributed by atoms with Gasteiger partial charge in [0.05, 0.1) is 26.6 Å². The van der Waals surface area contributed by atoms with Crippen LogP contribution in [0.5, 0.6) is 11.5 Å². The van der Waals surface area contributed by atoms with Gasteiger partial charge in [-0.15, -0.1) is 24.0 Å². The van der Waals surface area contributed by atoms with Crippen molar-refractivity contribution in [1.29, 1.82) is 0 Å². The van der Waals surface area contributed by atoms with Crippen LogP contribution in [0.25, 0.3) is 0 Å². The Kier molecular flexibility index (Phi) is 9.25. The molecular weight excluding hydrogens is 531 g/mol. The molecule has 3 heterocycles. The van der Waals surface area contributed by atoms with Crippen molar-refractivity contribution >= 4 is 29.9 Å². The molecule has 0 saturated carbocycles. The molecule has 2 aromatic rings. The van der Waals surface area contributed by atoms with E-state index in [9.17, 15) is 0 Å². The zero-order chi connectivity index (χ0) is 22.5. The van der Waals surface area contributed by atoms with Gasteiger partial charge in [0.15, 0.2) is 17.5 Å². The zero-order valence-corrected chi connectivity index (χ0v) is 22.5. The van der Waals surface area contributed by atoms with Crippen LogP contribution in [-0.4, -0.2) is 79.3 Å². The van der Waals surface area contributed by atoms with Gasteiger partial charge in [0, 0.05) is 58.7 Å². The first-order chi connectivity index (χ1) is 15.6. The number of halogens is 1. The van der Waals surface area contributed by atoms with Crippen LogP contribution >= 0.6 is 24.0 Å². The van der Waals surface area contributed by atoms with Crippen molar-refractivity contribution in [1.82, 2.24) is 24.7 Å². The summed E-state index contributed by atoms with van der Waals surface area (Å²) in [6.45, 7) is 8.14.